The van der Waals surface area contributed by atoms with Gasteiger partial charge in [0, 0.05) is 23.6 Å². The van der Waals surface area contributed by atoms with Crippen molar-refractivity contribution in [2.75, 3.05) is 10.6 Å². The highest BCUT2D eigenvalue weighted by Crippen LogP contribution is 2.23. The zero-order valence-electron chi connectivity index (χ0n) is 16.2. The number of imidazole rings is 1. The number of hydrogen-bond donors (Lipinski definition) is 2. The lowest BCUT2D eigenvalue weighted by Crippen LogP contribution is -2.18. The van der Waals surface area contributed by atoms with E-state index in [9.17, 15) is 9.59 Å². The molecule has 0 spiro atoms. The van der Waals surface area contributed by atoms with Crippen LogP contribution in [0.4, 0.5) is 16.2 Å². The molecule has 2 N–H and O–H groups in total. The molecule has 0 bridgehead atoms. The highest BCUT2D eigenvalue weighted by molar-refractivity contribution is 6.02. The molecule has 30 heavy (non-hydrogen) atoms. The van der Waals surface area contributed by atoms with Crippen molar-refractivity contribution in [3.63, 3.8) is 0 Å². The summed E-state index contributed by atoms with van der Waals surface area (Å²) in [5.41, 5.74) is 2.49. The molecule has 0 aliphatic heterocycles. The Morgan fingerprint density at radius 1 is 1.13 bits per heavy atom. The van der Waals surface area contributed by atoms with Crippen LogP contribution in [-0.2, 0) is 4.74 Å². The van der Waals surface area contributed by atoms with Gasteiger partial charge in [0.05, 0.1) is 29.9 Å². The second-order valence-corrected chi connectivity index (χ2v) is 6.66. The van der Waals surface area contributed by atoms with Gasteiger partial charge in [0.25, 0.3) is 5.91 Å². The summed E-state index contributed by atoms with van der Waals surface area (Å²) >= 11 is 0. The third kappa shape index (κ3) is 4.27. The zero-order chi connectivity index (χ0) is 21.1. The van der Waals surface area contributed by atoms with E-state index >= 15 is 0 Å². The summed E-state index contributed by atoms with van der Waals surface area (Å²) < 4.78 is 11.8. The lowest BCUT2D eigenvalue weighted by atomic mass is 10.1. The van der Waals surface area contributed by atoms with Crippen molar-refractivity contribution >= 4 is 29.2 Å². The molecule has 0 fully saturated rings. The van der Waals surface area contributed by atoms with Crippen LogP contribution < -0.4 is 10.6 Å². The maximum absolute atomic E-state index is 12.1. The van der Waals surface area contributed by atoms with Gasteiger partial charge in [-0.25, -0.2) is 19.7 Å². The number of nitrogens with zero attached hydrogens (tertiary/aromatic N) is 4. The van der Waals surface area contributed by atoms with E-state index < -0.39 is 12.0 Å². The molecule has 4 aromatic rings. The molecular weight excluding hydrogens is 388 g/mol. The highest BCUT2D eigenvalue weighted by Gasteiger charge is 2.12. The molecule has 1 aromatic carbocycles. The van der Waals surface area contributed by atoms with Gasteiger partial charge in [-0.15, -0.1) is 0 Å². The average Bonchev–Trinajstić information content (AvgIpc) is 3.37. The lowest BCUT2D eigenvalue weighted by molar-refractivity contribution is 0.0996. The van der Waals surface area contributed by atoms with E-state index in [-0.39, 0.29) is 11.9 Å². The van der Waals surface area contributed by atoms with E-state index in [1.54, 1.807) is 48.8 Å². The maximum atomic E-state index is 12.1. The van der Waals surface area contributed by atoms with Gasteiger partial charge < -0.3 is 14.5 Å². The first kappa shape index (κ1) is 19.1. The van der Waals surface area contributed by atoms with Crippen molar-refractivity contribution in [1.82, 2.24) is 19.4 Å². The predicted octanol–water partition coefficient (Wildman–Crippen LogP) is 3.59. The number of carbonyl (C=O) groups is 2. The number of anilines is 2. The first-order chi connectivity index (χ1) is 14.5. The fourth-order valence-electron chi connectivity index (χ4n) is 2.73. The SMILES string of the molecule is CC(C)OC(=O)Nc1cnc2nc(-c3cccc(NC(=O)c4cnco4)c3)cn2c1. The first-order valence-corrected chi connectivity index (χ1v) is 9.10. The van der Waals surface area contributed by atoms with Crippen molar-refractivity contribution in [2.45, 2.75) is 20.0 Å². The van der Waals surface area contributed by atoms with Gasteiger partial charge in [0.1, 0.15) is 0 Å². The van der Waals surface area contributed by atoms with Gasteiger partial charge in [0.15, 0.2) is 6.39 Å². The molecule has 10 nitrogen and oxygen atoms in total. The van der Waals surface area contributed by atoms with Gasteiger partial charge in [0.2, 0.25) is 11.5 Å². The van der Waals surface area contributed by atoms with Crippen LogP contribution in [0.2, 0.25) is 0 Å². The van der Waals surface area contributed by atoms with Crippen molar-refractivity contribution in [1.29, 1.82) is 0 Å². The number of benzene rings is 1. The monoisotopic (exact) mass is 406 g/mol. The van der Waals surface area contributed by atoms with E-state index in [0.29, 0.717) is 22.8 Å². The lowest BCUT2D eigenvalue weighted by Gasteiger charge is -2.09. The number of nitrogens with one attached hydrogen (secondary N) is 2. The summed E-state index contributed by atoms with van der Waals surface area (Å²) in [7, 11) is 0. The van der Waals surface area contributed by atoms with Crippen molar-refractivity contribution in [3.05, 3.63) is 61.2 Å². The standard InChI is InChI=1S/C20H18N6O4/c1-12(2)30-20(28)24-15-7-22-19-25-16(10-26(19)9-15)13-4-3-5-14(6-13)23-18(27)17-8-21-11-29-17/h3-12H,1-2H3,(H,23,27)(H,24,28). The Balaban J connectivity index is 1.54. The van der Waals surface area contributed by atoms with E-state index in [1.165, 1.54) is 18.8 Å². The second-order valence-electron chi connectivity index (χ2n) is 6.66. The number of ether oxygens (including phenoxy) is 1. The molecule has 0 aliphatic carbocycles. The Hall–Kier alpha value is -4.21. The van der Waals surface area contributed by atoms with Gasteiger partial charge in [-0.1, -0.05) is 12.1 Å². The van der Waals surface area contributed by atoms with Crippen LogP contribution in [0.3, 0.4) is 0 Å². The molecule has 10 heteroatoms. The van der Waals surface area contributed by atoms with Crippen LogP contribution in [0.1, 0.15) is 24.4 Å². The fourth-order valence-corrected chi connectivity index (χ4v) is 2.73. The van der Waals surface area contributed by atoms with Gasteiger partial charge in [-0.2, -0.15) is 0 Å². The Labute approximate surface area is 170 Å². The van der Waals surface area contributed by atoms with Crippen molar-refractivity contribution in [3.8, 4) is 11.3 Å². The molecule has 0 radical (unpaired) electrons. The summed E-state index contributed by atoms with van der Waals surface area (Å²) in [6.07, 6.45) is 6.73. The molecule has 0 saturated heterocycles. The van der Waals surface area contributed by atoms with Gasteiger partial charge >= 0.3 is 6.09 Å². The minimum atomic E-state index is -0.554. The zero-order valence-corrected chi connectivity index (χ0v) is 16.2. The quantitative estimate of drug-likeness (QED) is 0.519. The molecular formula is C20H18N6O4. The van der Waals surface area contributed by atoms with Crippen LogP contribution in [0.25, 0.3) is 17.0 Å². The van der Waals surface area contributed by atoms with E-state index in [4.69, 9.17) is 9.15 Å². The Kier molecular flexibility index (Phi) is 5.12. The summed E-state index contributed by atoms with van der Waals surface area (Å²) in [6, 6.07) is 7.21. The van der Waals surface area contributed by atoms with Crippen LogP contribution >= 0.6 is 0 Å². The third-order valence-electron chi connectivity index (χ3n) is 3.97. The molecule has 3 heterocycles. The normalized spacial score (nSPS) is 10.9. The Morgan fingerprint density at radius 2 is 2.00 bits per heavy atom. The number of rotatable bonds is 5. The van der Waals surface area contributed by atoms with Gasteiger partial charge in [-0.3, -0.25) is 14.5 Å². The number of hydrogen-bond acceptors (Lipinski definition) is 7. The summed E-state index contributed by atoms with van der Waals surface area (Å²) in [5.74, 6) is 0.183. The number of carbonyl (C=O) groups excluding carboxylic acids is 2. The maximum Gasteiger partial charge on any atom is 0.411 e. The minimum absolute atomic E-state index is 0.119. The van der Waals surface area contributed by atoms with E-state index in [0.717, 1.165) is 5.56 Å². The molecule has 0 atom stereocenters. The molecule has 0 saturated carbocycles. The van der Waals surface area contributed by atoms with Gasteiger partial charge in [-0.05, 0) is 26.0 Å². The number of oxazole rings is 1. The number of amides is 2. The fraction of sp³-hybridized carbons (Fsp3) is 0.150. The van der Waals surface area contributed by atoms with Crippen LogP contribution in [0.15, 0.2) is 59.9 Å². The first-order valence-electron chi connectivity index (χ1n) is 9.10. The largest absolute Gasteiger partial charge is 0.447 e. The smallest absolute Gasteiger partial charge is 0.411 e. The van der Waals surface area contributed by atoms with Crippen LogP contribution in [0, 0.1) is 0 Å². The number of fused-ring (bicyclic) bond motifs is 1. The molecule has 2 amide bonds. The molecule has 4 rings (SSSR count). The molecule has 0 unspecified atom stereocenters. The highest BCUT2D eigenvalue weighted by atomic mass is 16.6. The van der Waals surface area contributed by atoms with E-state index in [2.05, 4.69) is 25.6 Å². The third-order valence-corrected chi connectivity index (χ3v) is 3.97. The summed E-state index contributed by atoms with van der Waals surface area (Å²) in [6.45, 7) is 3.54. The van der Waals surface area contributed by atoms with Crippen LogP contribution in [-0.4, -0.2) is 37.5 Å². The van der Waals surface area contributed by atoms with Crippen LogP contribution in [0.5, 0.6) is 0 Å². The topological polar surface area (TPSA) is 124 Å². The van der Waals surface area contributed by atoms with Crippen molar-refractivity contribution in [2.24, 2.45) is 0 Å². The number of aromatic nitrogens is 4. The average molecular weight is 406 g/mol. The second kappa shape index (κ2) is 8.03. The Morgan fingerprint density at radius 3 is 2.77 bits per heavy atom. The van der Waals surface area contributed by atoms with Crippen molar-refractivity contribution < 1.29 is 18.7 Å². The molecule has 152 valence electrons. The Bertz CT molecular complexity index is 1200. The molecule has 0 aliphatic rings. The van der Waals surface area contributed by atoms with E-state index in [1.807, 2.05) is 6.07 Å². The molecule has 3 aromatic heterocycles. The summed E-state index contributed by atoms with van der Waals surface area (Å²) in [4.78, 5) is 36.4. The summed E-state index contributed by atoms with van der Waals surface area (Å²) in [5, 5.41) is 5.37. The minimum Gasteiger partial charge on any atom is -0.447 e. The predicted molar refractivity (Wildman–Crippen MR) is 108 cm³/mol.